The van der Waals surface area contributed by atoms with E-state index in [1.807, 2.05) is 0 Å². The number of rotatable bonds is 4. The molecule has 16 heavy (non-hydrogen) atoms. The van der Waals surface area contributed by atoms with Crippen LogP contribution in [-0.4, -0.2) is 42.8 Å². The van der Waals surface area contributed by atoms with Crippen molar-refractivity contribution in [3.8, 4) is 0 Å². The highest BCUT2D eigenvalue weighted by Crippen LogP contribution is 2.26. The van der Waals surface area contributed by atoms with E-state index in [9.17, 15) is 0 Å². The van der Waals surface area contributed by atoms with Gasteiger partial charge in [0.05, 0.1) is 12.7 Å². The first-order valence-corrected chi connectivity index (χ1v) is 6.87. The van der Waals surface area contributed by atoms with Crippen molar-refractivity contribution in [3.05, 3.63) is 0 Å². The molecule has 2 N–H and O–H groups in total. The number of fused-ring (bicyclic) bond motifs is 1. The van der Waals surface area contributed by atoms with E-state index < -0.39 is 0 Å². The van der Waals surface area contributed by atoms with E-state index >= 15 is 0 Å². The molecule has 2 heterocycles. The van der Waals surface area contributed by atoms with Gasteiger partial charge in [0.15, 0.2) is 0 Å². The quantitative estimate of drug-likeness (QED) is 0.791. The van der Waals surface area contributed by atoms with Crippen LogP contribution in [0.1, 0.15) is 39.5 Å². The van der Waals surface area contributed by atoms with E-state index in [2.05, 4.69) is 18.7 Å². The summed E-state index contributed by atoms with van der Waals surface area (Å²) in [6.45, 7) is 7.67. The number of hydrogen-bond donors (Lipinski definition) is 1. The van der Waals surface area contributed by atoms with Gasteiger partial charge in [-0.1, -0.05) is 26.7 Å². The van der Waals surface area contributed by atoms with E-state index in [-0.39, 0.29) is 12.1 Å². The minimum absolute atomic E-state index is 0.219. The maximum atomic E-state index is 6.34. The second-order valence-corrected chi connectivity index (χ2v) is 5.32. The molecule has 2 rings (SSSR count). The molecule has 3 unspecified atom stereocenters. The number of nitrogens with two attached hydrogens (primary N) is 1. The lowest BCUT2D eigenvalue weighted by molar-refractivity contribution is -0.0674. The highest BCUT2D eigenvalue weighted by Gasteiger charge is 2.36. The van der Waals surface area contributed by atoms with Crippen LogP contribution in [0.3, 0.4) is 0 Å². The monoisotopic (exact) mass is 226 g/mol. The average molecular weight is 226 g/mol. The molecule has 0 aliphatic carbocycles. The van der Waals surface area contributed by atoms with Crippen LogP contribution >= 0.6 is 0 Å². The summed E-state index contributed by atoms with van der Waals surface area (Å²) in [4.78, 5) is 2.58. The highest BCUT2D eigenvalue weighted by atomic mass is 16.5. The molecule has 2 saturated heterocycles. The van der Waals surface area contributed by atoms with Gasteiger partial charge in [-0.25, -0.2) is 0 Å². The lowest BCUT2D eigenvalue weighted by Gasteiger charge is -2.39. The third-order valence-corrected chi connectivity index (χ3v) is 4.44. The molecule has 0 bridgehead atoms. The molecule has 3 heteroatoms. The number of ether oxygens (including phenoxy) is 1. The summed E-state index contributed by atoms with van der Waals surface area (Å²) in [5.41, 5.74) is 6.34. The lowest BCUT2D eigenvalue weighted by Crippen LogP contribution is -2.54. The number of nitrogens with zero attached hydrogens (tertiary/aromatic N) is 1. The predicted octanol–water partition coefficient (Wildman–Crippen LogP) is 1.61. The molecule has 0 aromatic rings. The fraction of sp³-hybridized carbons (Fsp3) is 1.00. The third kappa shape index (κ3) is 2.41. The summed E-state index contributed by atoms with van der Waals surface area (Å²) in [6, 6.07) is 0.904. The van der Waals surface area contributed by atoms with Crippen molar-refractivity contribution in [3.63, 3.8) is 0 Å². The molecular weight excluding hydrogens is 200 g/mol. The van der Waals surface area contributed by atoms with Crippen LogP contribution in [0.15, 0.2) is 0 Å². The zero-order valence-electron chi connectivity index (χ0n) is 10.7. The molecule has 0 saturated carbocycles. The fourth-order valence-electron chi connectivity index (χ4n) is 3.21. The molecule has 0 amide bonds. The SMILES string of the molecule is CCC(CC)C(N)C1CN2CCCC2CO1. The van der Waals surface area contributed by atoms with Crippen molar-refractivity contribution >= 4 is 0 Å². The maximum Gasteiger partial charge on any atom is 0.0856 e. The summed E-state index contributed by atoms with van der Waals surface area (Å²) in [5.74, 6) is 0.615. The zero-order valence-corrected chi connectivity index (χ0v) is 10.7. The molecule has 0 radical (unpaired) electrons. The Morgan fingerprint density at radius 3 is 2.81 bits per heavy atom. The standard InChI is InChI=1S/C13H26N2O/c1-3-10(4-2)13(14)12-8-15-7-5-6-11(15)9-16-12/h10-13H,3-9,14H2,1-2H3. The molecule has 2 aliphatic heterocycles. The molecule has 0 aromatic heterocycles. The minimum atomic E-state index is 0.219. The first kappa shape index (κ1) is 12.3. The van der Waals surface area contributed by atoms with Crippen LogP contribution in [0.4, 0.5) is 0 Å². The van der Waals surface area contributed by atoms with Crippen LogP contribution < -0.4 is 5.73 Å². The third-order valence-electron chi connectivity index (χ3n) is 4.44. The van der Waals surface area contributed by atoms with Crippen molar-refractivity contribution in [2.24, 2.45) is 11.7 Å². The molecule has 2 fully saturated rings. The topological polar surface area (TPSA) is 38.5 Å². The minimum Gasteiger partial charge on any atom is -0.374 e. The van der Waals surface area contributed by atoms with Gasteiger partial charge in [-0.2, -0.15) is 0 Å². The molecular formula is C13H26N2O. The molecule has 0 aromatic carbocycles. The van der Waals surface area contributed by atoms with E-state index in [0.29, 0.717) is 12.0 Å². The second-order valence-electron chi connectivity index (χ2n) is 5.32. The van der Waals surface area contributed by atoms with Gasteiger partial charge < -0.3 is 10.5 Å². The molecule has 94 valence electrons. The number of hydrogen-bond acceptors (Lipinski definition) is 3. The smallest absolute Gasteiger partial charge is 0.0856 e. The summed E-state index contributed by atoms with van der Waals surface area (Å²) < 4.78 is 5.97. The van der Waals surface area contributed by atoms with Gasteiger partial charge in [-0.05, 0) is 25.3 Å². The summed E-state index contributed by atoms with van der Waals surface area (Å²) in [5, 5.41) is 0. The second kappa shape index (κ2) is 5.48. The normalized spacial score (nSPS) is 33.0. The predicted molar refractivity (Wildman–Crippen MR) is 66.4 cm³/mol. The maximum absolute atomic E-state index is 6.34. The van der Waals surface area contributed by atoms with Gasteiger partial charge in [0, 0.05) is 18.6 Å². The Hall–Kier alpha value is -0.120. The first-order valence-electron chi connectivity index (χ1n) is 6.87. The van der Waals surface area contributed by atoms with E-state index in [1.54, 1.807) is 0 Å². The van der Waals surface area contributed by atoms with E-state index in [0.717, 1.165) is 13.2 Å². The molecule has 3 nitrogen and oxygen atoms in total. The van der Waals surface area contributed by atoms with E-state index in [4.69, 9.17) is 10.5 Å². The van der Waals surface area contributed by atoms with Crippen LogP contribution in [0.2, 0.25) is 0 Å². The Labute approximate surface area is 99.3 Å². The van der Waals surface area contributed by atoms with Crippen molar-refractivity contribution < 1.29 is 4.74 Å². The fourth-order valence-corrected chi connectivity index (χ4v) is 3.21. The Morgan fingerprint density at radius 1 is 1.38 bits per heavy atom. The van der Waals surface area contributed by atoms with Crippen LogP contribution in [0.25, 0.3) is 0 Å². The van der Waals surface area contributed by atoms with Gasteiger partial charge >= 0.3 is 0 Å². The first-order chi connectivity index (χ1) is 7.76. The largest absolute Gasteiger partial charge is 0.374 e. The summed E-state index contributed by atoms with van der Waals surface area (Å²) in [7, 11) is 0. The number of morpholine rings is 1. The molecule has 3 atom stereocenters. The Bertz CT molecular complexity index is 218. The van der Waals surface area contributed by atoms with Gasteiger partial charge in [-0.15, -0.1) is 0 Å². The Kier molecular flexibility index (Phi) is 4.22. The van der Waals surface area contributed by atoms with Crippen molar-refractivity contribution in [2.45, 2.75) is 57.7 Å². The van der Waals surface area contributed by atoms with Crippen molar-refractivity contribution in [1.82, 2.24) is 4.90 Å². The van der Waals surface area contributed by atoms with Crippen LogP contribution in [0.5, 0.6) is 0 Å². The summed E-state index contributed by atoms with van der Waals surface area (Å²) in [6.07, 6.45) is 5.25. The van der Waals surface area contributed by atoms with Crippen LogP contribution in [-0.2, 0) is 4.74 Å². The summed E-state index contributed by atoms with van der Waals surface area (Å²) >= 11 is 0. The van der Waals surface area contributed by atoms with E-state index in [1.165, 1.54) is 32.2 Å². The van der Waals surface area contributed by atoms with Crippen LogP contribution in [0, 0.1) is 5.92 Å². The van der Waals surface area contributed by atoms with Crippen molar-refractivity contribution in [1.29, 1.82) is 0 Å². The van der Waals surface area contributed by atoms with Gasteiger partial charge in [0.25, 0.3) is 0 Å². The Morgan fingerprint density at radius 2 is 2.12 bits per heavy atom. The van der Waals surface area contributed by atoms with Crippen molar-refractivity contribution in [2.75, 3.05) is 19.7 Å². The lowest BCUT2D eigenvalue weighted by atomic mass is 9.90. The van der Waals surface area contributed by atoms with Gasteiger partial charge in [0.1, 0.15) is 0 Å². The van der Waals surface area contributed by atoms with Gasteiger partial charge in [-0.3, -0.25) is 4.90 Å². The highest BCUT2D eigenvalue weighted by molar-refractivity contribution is 4.90. The van der Waals surface area contributed by atoms with Gasteiger partial charge in [0.2, 0.25) is 0 Å². The zero-order chi connectivity index (χ0) is 11.5. The average Bonchev–Trinajstić information content (AvgIpc) is 2.77. The molecule has 0 spiro atoms. The molecule has 2 aliphatic rings. The Balaban J connectivity index is 1.90.